The number of amides is 1. The van der Waals surface area contributed by atoms with E-state index in [2.05, 4.69) is 20.3 Å². The van der Waals surface area contributed by atoms with Crippen molar-refractivity contribution in [1.29, 1.82) is 0 Å². The van der Waals surface area contributed by atoms with Gasteiger partial charge in [0.25, 0.3) is 5.91 Å². The van der Waals surface area contributed by atoms with Crippen LogP contribution in [0.15, 0.2) is 30.7 Å². The summed E-state index contributed by atoms with van der Waals surface area (Å²) in [5, 5.41) is 2.95. The molecule has 0 saturated carbocycles. The molecule has 7 nitrogen and oxygen atoms in total. The van der Waals surface area contributed by atoms with Gasteiger partial charge in [0.2, 0.25) is 5.88 Å². The molecule has 0 aromatic carbocycles. The lowest BCUT2D eigenvalue weighted by atomic mass is 10.2. The summed E-state index contributed by atoms with van der Waals surface area (Å²) in [5.74, 6) is 0.657. The van der Waals surface area contributed by atoms with E-state index in [1.807, 2.05) is 0 Å². The van der Waals surface area contributed by atoms with Gasteiger partial charge in [-0.15, -0.1) is 0 Å². The number of nitrogens with zero attached hydrogens (tertiary/aromatic N) is 3. The van der Waals surface area contributed by atoms with Crippen LogP contribution in [0.2, 0.25) is 0 Å². The zero-order valence-electron chi connectivity index (χ0n) is 10.3. The van der Waals surface area contributed by atoms with Crippen molar-refractivity contribution in [1.82, 2.24) is 15.0 Å². The van der Waals surface area contributed by atoms with E-state index in [0.717, 1.165) is 0 Å². The average molecular weight is 259 g/mol. The van der Waals surface area contributed by atoms with Gasteiger partial charge in [-0.25, -0.2) is 4.98 Å². The molecule has 0 radical (unpaired) electrons. The quantitative estimate of drug-likeness (QED) is 0.833. The van der Waals surface area contributed by atoms with Gasteiger partial charge in [-0.1, -0.05) is 0 Å². The van der Waals surface area contributed by atoms with Gasteiger partial charge in [0.05, 0.1) is 12.8 Å². The normalized spacial score (nSPS) is 9.95. The van der Waals surface area contributed by atoms with E-state index in [9.17, 15) is 4.79 Å². The Bertz CT molecular complexity index is 574. The molecule has 0 fully saturated rings. The molecular weight excluding hydrogens is 246 g/mol. The number of primary amides is 1. The molecule has 98 valence electrons. The van der Waals surface area contributed by atoms with E-state index in [1.54, 1.807) is 37.6 Å². The van der Waals surface area contributed by atoms with E-state index >= 15 is 0 Å². The van der Waals surface area contributed by atoms with Gasteiger partial charge in [0.15, 0.2) is 0 Å². The lowest BCUT2D eigenvalue weighted by Gasteiger charge is -2.09. The van der Waals surface area contributed by atoms with Gasteiger partial charge in [-0.05, 0) is 19.1 Å². The third kappa shape index (κ3) is 3.15. The molecule has 0 aliphatic rings. The first-order chi connectivity index (χ1) is 9.20. The predicted octanol–water partition coefficient (Wildman–Crippen LogP) is 1.11. The van der Waals surface area contributed by atoms with Crippen LogP contribution < -0.4 is 15.8 Å². The van der Waals surface area contributed by atoms with Crippen molar-refractivity contribution in [3.05, 3.63) is 36.3 Å². The molecule has 2 aromatic heterocycles. The zero-order chi connectivity index (χ0) is 13.7. The standard InChI is InChI=1S/C12H13N5O2/c1-2-19-12-8(11(13)18)3-4-9(17-12)16-10-7-14-5-6-15-10/h3-7H,2H2,1H3,(H2,13,18)(H,15,16,17). The van der Waals surface area contributed by atoms with Crippen molar-refractivity contribution in [2.75, 3.05) is 11.9 Å². The molecular formula is C12H13N5O2. The number of nitrogens with two attached hydrogens (primary N) is 1. The van der Waals surface area contributed by atoms with Gasteiger partial charge in [-0.3, -0.25) is 9.78 Å². The Morgan fingerprint density at radius 1 is 1.37 bits per heavy atom. The molecule has 0 aliphatic heterocycles. The molecule has 7 heteroatoms. The third-order valence-corrected chi connectivity index (χ3v) is 2.23. The van der Waals surface area contributed by atoms with Crippen molar-refractivity contribution in [3.63, 3.8) is 0 Å². The van der Waals surface area contributed by atoms with E-state index in [4.69, 9.17) is 10.5 Å². The van der Waals surface area contributed by atoms with Crippen LogP contribution in [0, 0.1) is 0 Å². The van der Waals surface area contributed by atoms with Gasteiger partial charge in [-0.2, -0.15) is 4.98 Å². The highest BCUT2D eigenvalue weighted by molar-refractivity contribution is 5.95. The highest BCUT2D eigenvalue weighted by Gasteiger charge is 2.12. The molecule has 1 amide bonds. The fourth-order valence-electron chi connectivity index (χ4n) is 1.44. The summed E-state index contributed by atoms with van der Waals surface area (Å²) in [6, 6.07) is 3.18. The van der Waals surface area contributed by atoms with Crippen LogP contribution in [0.4, 0.5) is 11.6 Å². The molecule has 2 rings (SSSR count). The smallest absolute Gasteiger partial charge is 0.254 e. The lowest BCUT2D eigenvalue weighted by Crippen LogP contribution is -2.14. The average Bonchev–Trinajstić information content (AvgIpc) is 2.40. The number of nitrogens with one attached hydrogen (secondary N) is 1. The van der Waals surface area contributed by atoms with Crippen LogP contribution in [0.3, 0.4) is 0 Å². The number of aromatic nitrogens is 3. The molecule has 2 heterocycles. The van der Waals surface area contributed by atoms with Gasteiger partial charge in [0, 0.05) is 12.4 Å². The Kier molecular flexibility index (Phi) is 3.87. The largest absolute Gasteiger partial charge is 0.477 e. The van der Waals surface area contributed by atoms with E-state index in [1.165, 1.54) is 0 Å². The van der Waals surface area contributed by atoms with Crippen LogP contribution >= 0.6 is 0 Å². The fraction of sp³-hybridized carbons (Fsp3) is 0.167. The fourth-order valence-corrected chi connectivity index (χ4v) is 1.44. The Hall–Kier alpha value is -2.70. The molecule has 0 unspecified atom stereocenters. The van der Waals surface area contributed by atoms with Crippen LogP contribution in [0.5, 0.6) is 5.88 Å². The van der Waals surface area contributed by atoms with Gasteiger partial charge >= 0.3 is 0 Å². The summed E-state index contributed by atoms with van der Waals surface area (Å²) in [4.78, 5) is 23.4. The summed E-state index contributed by atoms with van der Waals surface area (Å²) in [6.07, 6.45) is 4.69. The number of ether oxygens (including phenoxy) is 1. The molecule has 0 bridgehead atoms. The number of hydrogen-bond donors (Lipinski definition) is 2. The molecule has 0 spiro atoms. The predicted molar refractivity (Wildman–Crippen MR) is 69.2 cm³/mol. The zero-order valence-corrected chi connectivity index (χ0v) is 10.3. The first kappa shape index (κ1) is 12.7. The molecule has 2 aromatic rings. The lowest BCUT2D eigenvalue weighted by molar-refractivity contribution is 0.0996. The van der Waals surface area contributed by atoms with Crippen molar-refractivity contribution < 1.29 is 9.53 Å². The topological polar surface area (TPSA) is 103 Å². The second-order valence-electron chi connectivity index (χ2n) is 3.56. The number of pyridine rings is 1. The van der Waals surface area contributed by atoms with Crippen molar-refractivity contribution in [2.24, 2.45) is 5.73 Å². The minimum absolute atomic E-state index is 0.198. The van der Waals surface area contributed by atoms with Crippen LogP contribution in [0.1, 0.15) is 17.3 Å². The van der Waals surface area contributed by atoms with Crippen LogP contribution in [0.25, 0.3) is 0 Å². The number of hydrogen-bond acceptors (Lipinski definition) is 6. The number of carbonyl (C=O) groups excluding carboxylic acids is 1. The minimum Gasteiger partial charge on any atom is -0.477 e. The summed E-state index contributed by atoms with van der Waals surface area (Å²) in [5.41, 5.74) is 5.49. The van der Waals surface area contributed by atoms with E-state index < -0.39 is 5.91 Å². The summed E-state index contributed by atoms with van der Waals surface area (Å²) >= 11 is 0. The van der Waals surface area contributed by atoms with Gasteiger partial charge in [0.1, 0.15) is 17.2 Å². The first-order valence-corrected chi connectivity index (χ1v) is 5.67. The molecule has 0 atom stereocenters. The van der Waals surface area contributed by atoms with E-state index in [-0.39, 0.29) is 11.4 Å². The number of anilines is 2. The van der Waals surface area contributed by atoms with Gasteiger partial charge < -0.3 is 15.8 Å². The summed E-state index contributed by atoms with van der Waals surface area (Å²) in [7, 11) is 0. The van der Waals surface area contributed by atoms with Crippen molar-refractivity contribution >= 4 is 17.5 Å². The van der Waals surface area contributed by atoms with Crippen molar-refractivity contribution in [3.8, 4) is 5.88 Å². The highest BCUT2D eigenvalue weighted by atomic mass is 16.5. The number of rotatable bonds is 5. The van der Waals surface area contributed by atoms with Crippen LogP contribution in [-0.4, -0.2) is 27.5 Å². The minimum atomic E-state index is -0.581. The van der Waals surface area contributed by atoms with Crippen LogP contribution in [-0.2, 0) is 0 Å². The Morgan fingerprint density at radius 3 is 2.84 bits per heavy atom. The Morgan fingerprint density at radius 2 is 2.21 bits per heavy atom. The Labute approximate surface area is 109 Å². The second-order valence-corrected chi connectivity index (χ2v) is 3.56. The second kappa shape index (κ2) is 5.76. The number of carbonyl (C=O) groups is 1. The monoisotopic (exact) mass is 259 g/mol. The third-order valence-electron chi connectivity index (χ3n) is 2.23. The Balaban J connectivity index is 2.27. The summed E-state index contributed by atoms with van der Waals surface area (Å²) < 4.78 is 5.29. The SMILES string of the molecule is CCOc1nc(Nc2cnccn2)ccc1C(N)=O. The van der Waals surface area contributed by atoms with E-state index in [0.29, 0.717) is 18.2 Å². The summed E-state index contributed by atoms with van der Waals surface area (Å²) in [6.45, 7) is 2.19. The maximum Gasteiger partial charge on any atom is 0.254 e. The van der Waals surface area contributed by atoms with Crippen molar-refractivity contribution in [2.45, 2.75) is 6.92 Å². The first-order valence-electron chi connectivity index (χ1n) is 5.67. The highest BCUT2D eigenvalue weighted by Crippen LogP contribution is 2.20. The maximum absolute atomic E-state index is 11.2. The molecule has 0 saturated heterocycles. The molecule has 19 heavy (non-hydrogen) atoms. The molecule has 0 aliphatic carbocycles. The molecule has 3 N–H and O–H groups in total. The maximum atomic E-state index is 11.2.